The predicted octanol–water partition coefficient (Wildman–Crippen LogP) is 2.42. The fourth-order valence-corrected chi connectivity index (χ4v) is 2.35. The molecule has 1 fully saturated rings. The summed E-state index contributed by atoms with van der Waals surface area (Å²) in [6.45, 7) is 0. The number of hydrogen-bond acceptors (Lipinski definition) is 4. The minimum Gasteiger partial charge on any atom is -0.497 e. The summed E-state index contributed by atoms with van der Waals surface area (Å²) in [5.41, 5.74) is 2.25. The van der Waals surface area contributed by atoms with Crippen LogP contribution >= 0.6 is 0 Å². The molecule has 96 valence electrons. The summed E-state index contributed by atoms with van der Waals surface area (Å²) in [6, 6.07) is 9.78. The fraction of sp³-hybridized carbons (Fsp3) is 0.357. The molecule has 5 heteroatoms. The Morgan fingerprint density at radius 3 is 2.89 bits per heavy atom. The summed E-state index contributed by atoms with van der Waals surface area (Å²) < 4.78 is 6.99. The molecular weight excluding hydrogens is 240 g/mol. The van der Waals surface area contributed by atoms with Crippen LogP contribution in [-0.2, 0) is 0 Å². The van der Waals surface area contributed by atoms with Crippen molar-refractivity contribution in [2.45, 2.75) is 25.2 Å². The molecule has 1 saturated carbocycles. The smallest absolute Gasteiger partial charge is 0.186 e. The van der Waals surface area contributed by atoms with Crippen molar-refractivity contribution >= 4 is 0 Å². The predicted molar refractivity (Wildman–Crippen MR) is 69.2 cm³/mol. The summed E-state index contributed by atoms with van der Waals surface area (Å²) in [5, 5.41) is 17.3. The van der Waals surface area contributed by atoms with Gasteiger partial charge >= 0.3 is 0 Å². The summed E-state index contributed by atoms with van der Waals surface area (Å²) in [6.07, 6.45) is 3.41. The molecule has 0 spiro atoms. The number of rotatable bonds is 3. The molecule has 1 aromatic carbocycles. The molecule has 19 heavy (non-hydrogen) atoms. The van der Waals surface area contributed by atoms with Gasteiger partial charge in [0, 0.05) is 12.0 Å². The highest BCUT2D eigenvalue weighted by molar-refractivity contribution is 5.42. The van der Waals surface area contributed by atoms with Crippen LogP contribution in [0.4, 0.5) is 0 Å². The lowest BCUT2D eigenvalue weighted by atomic mass is 9.82. The maximum absolute atomic E-state index is 9.16. The van der Waals surface area contributed by atoms with Crippen molar-refractivity contribution in [3.05, 3.63) is 35.7 Å². The molecule has 1 aliphatic rings. The lowest BCUT2D eigenvalue weighted by Crippen LogP contribution is -2.15. The van der Waals surface area contributed by atoms with E-state index in [0.717, 1.165) is 30.0 Å². The molecule has 0 atom stereocenters. The fourth-order valence-electron chi connectivity index (χ4n) is 2.35. The third-order valence-corrected chi connectivity index (χ3v) is 3.60. The van der Waals surface area contributed by atoms with Crippen LogP contribution in [0.25, 0.3) is 5.69 Å². The van der Waals surface area contributed by atoms with E-state index in [-0.39, 0.29) is 0 Å². The number of nitrogens with zero attached hydrogens (tertiary/aromatic N) is 4. The molecule has 0 unspecified atom stereocenters. The van der Waals surface area contributed by atoms with Crippen LogP contribution in [0.2, 0.25) is 0 Å². The van der Waals surface area contributed by atoms with Crippen LogP contribution in [0.1, 0.15) is 36.6 Å². The van der Waals surface area contributed by atoms with Crippen molar-refractivity contribution in [2.75, 3.05) is 7.11 Å². The van der Waals surface area contributed by atoms with Crippen molar-refractivity contribution in [1.82, 2.24) is 15.0 Å². The molecule has 0 amide bonds. The number of aromatic nitrogens is 3. The van der Waals surface area contributed by atoms with Crippen molar-refractivity contribution in [3.63, 3.8) is 0 Å². The minimum atomic E-state index is 0.399. The quantitative estimate of drug-likeness (QED) is 0.843. The molecule has 1 aliphatic carbocycles. The van der Waals surface area contributed by atoms with Gasteiger partial charge in [0.2, 0.25) is 0 Å². The molecular formula is C14H14N4O. The zero-order valence-corrected chi connectivity index (χ0v) is 10.7. The van der Waals surface area contributed by atoms with E-state index in [4.69, 9.17) is 10.00 Å². The average molecular weight is 254 g/mol. The summed E-state index contributed by atoms with van der Waals surface area (Å²) in [5.74, 6) is 1.17. The first-order valence-corrected chi connectivity index (χ1v) is 6.33. The van der Waals surface area contributed by atoms with Gasteiger partial charge in [0.15, 0.2) is 5.69 Å². The van der Waals surface area contributed by atoms with Crippen LogP contribution < -0.4 is 4.74 Å². The largest absolute Gasteiger partial charge is 0.497 e. The van der Waals surface area contributed by atoms with Crippen LogP contribution in [0, 0.1) is 11.3 Å². The van der Waals surface area contributed by atoms with E-state index >= 15 is 0 Å². The second kappa shape index (κ2) is 4.73. The minimum absolute atomic E-state index is 0.399. The molecule has 0 bridgehead atoms. The van der Waals surface area contributed by atoms with Gasteiger partial charge in [-0.1, -0.05) is 17.7 Å². The van der Waals surface area contributed by atoms with Gasteiger partial charge in [-0.25, -0.2) is 4.68 Å². The van der Waals surface area contributed by atoms with E-state index in [1.165, 1.54) is 6.42 Å². The highest BCUT2D eigenvalue weighted by atomic mass is 16.5. The van der Waals surface area contributed by atoms with Gasteiger partial charge in [-0.15, -0.1) is 5.10 Å². The van der Waals surface area contributed by atoms with E-state index in [9.17, 15) is 0 Å². The Morgan fingerprint density at radius 1 is 1.42 bits per heavy atom. The molecule has 1 aromatic heterocycles. The normalized spacial score (nSPS) is 14.7. The average Bonchev–Trinajstić information content (AvgIpc) is 2.80. The first-order chi connectivity index (χ1) is 9.33. The summed E-state index contributed by atoms with van der Waals surface area (Å²) in [4.78, 5) is 0. The summed E-state index contributed by atoms with van der Waals surface area (Å²) >= 11 is 0. The van der Waals surface area contributed by atoms with E-state index in [2.05, 4.69) is 16.4 Å². The number of methoxy groups -OCH3 is 1. The van der Waals surface area contributed by atoms with Crippen LogP contribution in [-0.4, -0.2) is 22.1 Å². The van der Waals surface area contributed by atoms with Gasteiger partial charge in [0.05, 0.1) is 18.5 Å². The summed E-state index contributed by atoms with van der Waals surface area (Å²) in [7, 11) is 1.63. The van der Waals surface area contributed by atoms with Crippen molar-refractivity contribution in [1.29, 1.82) is 5.26 Å². The zero-order chi connectivity index (χ0) is 13.2. The monoisotopic (exact) mass is 254 g/mol. The number of hydrogen-bond donors (Lipinski definition) is 0. The van der Waals surface area contributed by atoms with Crippen LogP contribution in [0.3, 0.4) is 0 Å². The highest BCUT2D eigenvalue weighted by Gasteiger charge is 2.28. The Balaban J connectivity index is 2.09. The van der Waals surface area contributed by atoms with Crippen LogP contribution in [0.15, 0.2) is 24.3 Å². The second-order valence-corrected chi connectivity index (χ2v) is 4.68. The standard InChI is InChI=1S/C14H14N4O/c1-19-12-7-3-6-11(8-12)18-14(10-4-2-5-10)13(9-15)16-17-18/h3,6-8,10H,2,4-5H2,1H3. The molecule has 0 saturated heterocycles. The molecule has 0 aliphatic heterocycles. The SMILES string of the molecule is COc1cccc(-n2nnc(C#N)c2C2CCC2)c1. The van der Waals surface area contributed by atoms with E-state index in [0.29, 0.717) is 11.6 Å². The lowest BCUT2D eigenvalue weighted by molar-refractivity contribution is 0.401. The van der Waals surface area contributed by atoms with Crippen molar-refractivity contribution in [3.8, 4) is 17.5 Å². The van der Waals surface area contributed by atoms with Gasteiger partial charge < -0.3 is 4.74 Å². The maximum atomic E-state index is 9.16. The number of nitriles is 1. The van der Waals surface area contributed by atoms with Crippen molar-refractivity contribution in [2.24, 2.45) is 0 Å². The molecule has 1 heterocycles. The Kier molecular flexibility index (Phi) is 2.92. The van der Waals surface area contributed by atoms with Gasteiger partial charge in [0.25, 0.3) is 0 Å². The Bertz CT molecular complexity index is 637. The number of benzene rings is 1. The van der Waals surface area contributed by atoms with Gasteiger partial charge in [0.1, 0.15) is 11.8 Å². The third kappa shape index (κ3) is 1.95. The number of ether oxygens (including phenoxy) is 1. The van der Waals surface area contributed by atoms with E-state index in [1.54, 1.807) is 11.8 Å². The first-order valence-electron chi connectivity index (χ1n) is 6.33. The first kappa shape index (κ1) is 11.7. The Labute approximate surface area is 111 Å². The maximum Gasteiger partial charge on any atom is 0.186 e. The van der Waals surface area contributed by atoms with E-state index in [1.807, 2.05) is 24.3 Å². The third-order valence-electron chi connectivity index (χ3n) is 3.60. The van der Waals surface area contributed by atoms with Crippen molar-refractivity contribution < 1.29 is 4.74 Å². The lowest BCUT2D eigenvalue weighted by Gasteiger charge is -2.25. The molecule has 0 N–H and O–H groups in total. The van der Waals surface area contributed by atoms with Crippen LogP contribution in [0.5, 0.6) is 5.75 Å². The zero-order valence-electron chi connectivity index (χ0n) is 10.7. The second-order valence-electron chi connectivity index (χ2n) is 4.68. The van der Waals surface area contributed by atoms with Gasteiger partial charge in [-0.3, -0.25) is 0 Å². The Hall–Kier alpha value is -2.35. The molecule has 2 aromatic rings. The van der Waals surface area contributed by atoms with Gasteiger partial charge in [-0.05, 0) is 25.0 Å². The van der Waals surface area contributed by atoms with Gasteiger partial charge in [-0.2, -0.15) is 5.26 Å². The molecule has 5 nitrogen and oxygen atoms in total. The molecule has 3 rings (SSSR count). The van der Waals surface area contributed by atoms with E-state index < -0.39 is 0 Å². The molecule has 0 radical (unpaired) electrons. The topological polar surface area (TPSA) is 63.7 Å². The highest BCUT2D eigenvalue weighted by Crippen LogP contribution is 2.38. The Morgan fingerprint density at radius 2 is 2.26 bits per heavy atom.